The third kappa shape index (κ3) is 3.30. The Morgan fingerprint density at radius 2 is 1.95 bits per heavy atom. The van der Waals surface area contributed by atoms with Gasteiger partial charge in [0.2, 0.25) is 0 Å². The van der Waals surface area contributed by atoms with Crippen molar-refractivity contribution in [2.45, 2.75) is 19.9 Å². The summed E-state index contributed by atoms with van der Waals surface area (Å²) >= 11 is 0. The predicted molar refractivity (Wildman–Crippen MR) is 75.8 cm³/mol. The van der Waals surface area contributed by atoms with Crippen LogP contribution in [0.3, 0.4) is 0 Å². The maximum Gasteiger partial charge on any atom is 0.119 e. The fraction of sp³-hybridized carbons (Fsp3) is 0.267. The Labute approximate surface area is 113 Å². The Kier molecular flexibility index (Phi) is 4.49. The SMILES string of the molecule is CCOc1ccc(C(NN)c2cccc(C)n2)cc1. The maximum absolute atomic E-state index is 5.66. The monoisotopic (exact) mass is 257 g/mol. The lowest BCUT2D eigenvalue weighted by atomic mass is 10.0. The van der Waals surface area contributed by atoms with Crippen LogP contribution in [0.5, 0.6) is 5.75 Å². The Hall–Kier alpha value is -1.91. The van der Waals surface area contributed by atoms with Crippen molar-refractivity contribution >= 4 is 0 Å². The fourth-order valence-corrected chi connectivity index (χ4v) is 2.00. The van der Waals surface area contributed by atoms with E-state index >= 15 is 0 Å². The highest BCUT2D eigenvalue weighted by Gasteiger charge is 2.13. The lowest BCUT2D eigenvalue weighted by molar-refractivity contribution is 0.340. The minimum absolute atomic E-state index is 0.115. The second-order valence-electron chi connectivity index (χ2n) is 4.31. The highest BCUT2D eigenvalue weighted by Crippen LogP contribution is 2.22. The van der Waals surface area contributed by atoms with Crippen LogP contribution in [0, 0.1) is 6.92 Å². The molecule has 0 aliphatic carbocycles. The quantitative estimate of drug-likeness (QED) is 0.637. The van der Waals surface area contributed by atoms with Gasteiger partial charge in [0.25, 0.3) is 0 Å². The van der Waals surface area contributed by atoms with Gasteiger partial charge in [-0.05, 0) is 43.7 Å². The molecule has 2 aromatic rings. The van der Waals surface area contributed by atoms with Gasteiger partial charge < -0.3 is 4.74 Å². The van der Waals surface area contributed by atoms with Crippen molar-refractivity contribution in [3.05, 3.63) is 59.4 Å². The second kappa shape index (κ2) is 6.31. The van der Waals surface area contributed by atoms with Crippen LogP contribution < -0.4 is 16.0 Å². The molecule has 3 N–H and O–H groups in total. The molecule has 4 heteroatoms. The number of rotatable bonds is 5. The number of hydrogen-bond donors (Lipinski definition) is 2. The average Bonchev–Trinajstić information content (AvgIpc) is 2.42. The highest BCUT2D eigenvalue weighted by molar-refractivity contribution is 5.33. The first kappa shape index (κ1) is 13.5. The van der Waals surface area contributed by atoms with Crippen molar-refractivity contribution in [3.63, 3.8) is 0 Å². The molecule has 1 heterocycles. The zero-order valence-corrected chi connectivity index (χ0v) is 11.3. The third-order valence-corrected chi connectivity index (χ3v) is 2.90. The highest BCUT2D eigenvalue weighted by atomic mass is 16.5. The molecule has 100 valence electrons. The first-order valence-electron chi connectivity index (χ1n) is 6.37. The van der Waals surface area contributed by atoms with Crippen molar-refractivity contribution in [3.8, 4) is 5.75 Å². The molecule has 1 unspecified atom stereocenters. The Morgan fingerprint density at radius 3 is 2.53 bits per heavy atom. The summed E-state index contributed by atoms with van der Waals surface area (Å²) in [5, 5.41) is 0. The summed E-state index contributed by atoms with van der Waals surface area (Å²) in [6.07, 6.45) is 0. The zero-order valence-electron chi connectivity index (χ0n) is 11.3. The molecule has 0 amide bonds. The number of aryl methyl sites for hydroxylation is 1. The second-order valence-corrected chi connectivity index (χ2v) is 4.31. The number of ether oxygens (including phenoxy) is 1. The number of nitrogens with zero attached hydrogens (tertiary/aromatic N) is 1. The van der Waals surface area contributed by atoms with E-state index in [-0.39, 0.29) is 6.04 Å². The molecule has 1 aromatic heterocycles. The first-order valence-corrected chi connectivity index (χ1v) is 6.37. The van der Waals surface area contributed by atoms with Crippen molar-refractivity contribution in [2.24, 2.45) is 5.84 Å². The van der Waals surface area contributed by atoms with E-state index in [0.29, 0.717) is 6.61 Å². The number of benzene rings is 1. The van der Waals surface area contributed by atoms with E-state index in [1.54, 1.807) is 0 Å². The van der Waals surface area contributed by atoms with E-state index in [9.17, 15) is 0 Å². The van der Waals surface area contributed by atoms with Crippen LogP contribution in [0.15, 0.2) is 42.5 Å². The topological polar surface area (TPSA) is 60.2 Å². The molecule has 0 fully saturated rings. The first-order chi connectivity index (χ1) is 9.24. The molecule has 0 spiro atoms. The van der Waals surface area contributed by atoms with Crippen molar-refractivity contribution < 1.29 is 4.74 Å². The summed E-state index contributed by atoms with van der Waals surface area (Å²) in [5.41, 5.74) is 5.75. The summed E-state index contributed by atoms with van der Waals surface area (Å²) in [6, 6.07) is 13.7. The van der Waals surface area contributed by atoms with Crippen molar-refractivity contribution in [1.29, 1.82) is 0 Å². The number of hydrazine groups is 1. The molecular weight excluding hydrogens is 238 g/mol. The predicted octanol–water partition coefficient (Wildman–Crippen LogP) is 2.34. The lowest BCUT2D eigenvalue weighted by Crippen LogP contribution is -2.29. The molecule has 0 saturated carbocycles. The number of hydrogen-bond acceptors (Lipinski definition) is 4. The van der Waals surface area contributed by atoms with Crippen LogP contribution in [-0.4, -0.2) is 11.6 Å². The standard InChI is InChI=1S/C15H19N3O/c1-3-19-13-9-7-12(8-10-13)15(18-16)14-6-4-5-11(2)17-14/h4-10,15,18H,3,16H2,1-2H3. The van der Waals surface area contributed by atoms with Gasteiger partial charge in [0, 0.05) is 5.69 Å². The van der Waals surface area contributed by atoms with Crippen LogP contribution >= 0.6 is 0 Å². The van der Waals surface area contributed by atoms with Gasteiger partial charge in [-0.3, -0.25) is 10.8 Å². The fourth-order valence-electron chi connectivity index (χ4n) is 2.00. The van der Waals surface area contributed by atoms with Gasteiger partial charge in [-0.1, -0.05) is 18.2 Å². The molecule has 0 aliphatic heterocycles. The molecular formula is C15H19N3O. The van der Waals surface area contributed by atoms with Gasteiger partial charge in [-0.2, -0.15) is 0 Å². The van der Waals surface area contributed by atoms with Gasteiger partial charge in [0.05, 0.1) is 18.3 Å². The van der Waals surface area contributed by atoms with Gasteiger partial charge in [0.1, 0.15) is 5.75 Å². The van der Waals surface area contributed by atoms with Crippen LogP contribution in [0.1, 0.15) is 29.9 Å². The van der Waals surface area contributed by atoms with Crippen molar-refractivity contribution in [2.75, 3.05) is 6.61 Å². The molecule has 19 heavy (non-hydrogen) atoms. The largest absolute Gasteiger partial charge is 0.494 e. The number of pyridine rings is 1. The normalized spacial score (nSPS) is 12.2. The Balaban J connectivity index is 2.26. The summed E-state index contributed by atoms with van der Waals surface area (Å²) in [6.45, 7) is 4.60. The molecule has 0 radical (unpaired) electrons. The molecule has 1 aromatic carbocycles. The van der Waals surface area contributed by atoms with Crippen LogP contribution in [-0.2, 0) is 0 Å². The van der Waals surface area contributed by atoms with Crippen molar-refractivity contribution in [1.82, 2.24) is 10.4 Å². The van der Waals surface area contributed by atoms with Gasteiger partial charge in [-0.25, -0.2) is 5.43 Å². The van der Waals surface area contributed by atoms with Crippen LogP contribution in [0.25, 0.3) is 0 Å². The minimum atomic E-state index is -0.115. The summed E-state index contributed by atoms with van der Waals surface area (Å²) in [4.78, 5) is 4.51. The summed E-state index contributed by atoms with van der Waals surface area (Å²) in [5.74, 6) is 6.52. The molecule has 0 saturated heterocycles. The van der Waals surface area contributed by atoms with Gasteiger partial charge in [0.15, 0.2) is 0 Å². The van der Waals surface area contributed by atoms with E-state index < -0.39 is 0 Å². The molecule has 4 nitrogen and oxygen atoms in total. The number of aromatic nitrogens is 1. The Bertz CT molecular complexity index is 525. The molecule has 2 rings (SSSR count). The van der Waals surface area contributed by atoms with Crippen LogP contribution in [0.4, 0.5) is 0 Å². The summed E-state index contributed by atoms with van der Waals surface area (Å²) in [7, 11) is 0. The van der Waals surface area contributed by atoms with E-state index in [1.165, 1.54) is 0 Å². The smallest absolute Gasteiger partial charge is 0.119 e. The van der Waals surface area contributed by atoms with E-state index in [4.69, 9.17) is 10.6 Å². The molecule has 0 bridgehead atoms. The van der Waals surface area contributed by atoms with Crippen LogP contribution in [0.2, 0.25) is 0 Å². The van der Waals surface area contributed by atoms with Gasteiger partial charge in [-0.15, -0.1) is 0 Å². The van der Waals surface area contributed by atoms with E-state index in [1.807, 2.05) is 56.3 Å². The average molecular weight is 257 g/mol. The van der Waals surface area contributed by atoms with E-state index in [0.717, 1.165) is 22.7 Å². The number of nitrogens with one attached hydrogen (secondary N) is 1. The minimum Gasteiger partial charge on any atom is -0.494 e. The van der Waals surface area contributed by atoms with Gasteiger partial charge >= 0.3 is 0 Å². The summed E-state index contributed by atoms with van der Waals surface area (Å²) < 4.78 is 5.43. The maximum atomic E-state index is 5.66. The van der Waals surface area contributed by atoms with E-state index in [2.05, 4.69) is 10.4 Å². The molecule has 1 atom stereocenters. The lowest BCUT2D eigenvalue weighted by Gasteiger charge is -2.16. The Morgan fingerprint density at radius 1 is 1.21 bits per heavy atom. The zero-order chi connectivity index (χ0) is 13.7. The number of nitrogens with two attached hydrogens (primary N) is 1. The molecule has 0 aliphatic rings. The third-order valence-electron chi connectivity index (χ3n) is 2.90.